The lowest BCUT2D eigenvalue weighted by Gasteiger charge is -2.05. The predicted molar refractivity (Wildman–Crippen MR) is 42.3 cm³/mol. The molecule has 0 radical (unpaired) electrons. The van der Waals surface area contributed by atoms with Gasteiger partial charge in [0.2, 0.25) is 5.82 Å². The van der Waals surface area contributed by atoms with Gasteiger partial charge in [0.15, 0.2) is 17.3 Å². The highest BCUT2D eigenvalue weighted by molar-refractivity contribution is 9.10. The van der Waals surface area contributed by atoms with Crippen LogP contribution in [0.4, 0.5) is 8.78 Å². The van der Waals surface area contributed by atoms with Crippen molar-refractivity contribution >= 4 is 15.9 Å². The van der Waals surface area contributed by atoms with E-state index in [1.54, 1.807) is 0 Å². The molecule has 0 bridgehead atoms. The van der Waals surface area contributed by atoms with Crippen LogP contribution in [-0.2, 0) is 0 Å². The van der Waals surface area contributed by atoms with Crippen molar-refractivity contribution in [1.82, 2.24) is 0 Å². The molecule has 0 saturated carbocycles. The van der Waals surface area contributed by atoms with Gasteiger partial charge < -0.3 is 9.84 Å². The maximum absolute atomic E-state index is 12.8. The SMILES string of the molecule is COc1c(O)cc(Br)c(F)c1F. The summed E-state index contributed by atoms with van der Waals surface area (Å²) >= 11 is 2.73. The third-order valence-corrected chi connectivity index (χ3v) is 1.88. The number of phenolic OH excluding ortho intramolecular Hbond substituents is 1. The lowest BCUT2D eigenvalue weighted by Crippen LogP contribution is -1.93. The molecular weight excluding hydrogens is 234 g/mol. The third-order valence-electron chi connectivity index (χ3n) is 1.30. The third kappa shape index (κ3) is 1.36. The van der Waals surface area contributed by atoms with Crippen LogP contribution in [0.25, 0.3) is 0 Å². The molecule has 0 heterocycles. The van der Waals surface area contributed by atoms with Gasteiger partial charge in [-0.3, -0.25) is 0 Å². The first-order valence-corrected chi connectivity index (χ1v) is 3.77. The summed E-state index contributed by atoms with van der Waals surface area (Å²) in [6.07, 6.45) is 0. The molecule has 0 aliphatic carbocycles. The average Bonchev–Trinajstić information content (AvgIpc) is 2.01. The van der Waals surface area contributed by atoms with Gasteiger partial charge in [-0.05, 0) is 15.9 Å². The second-order valence-electron chi connectivity index (χ2n) is 2.04. The molecule has 0 atom stereocenters. The van der Waals surface area contributed by atoms with Crippen LogP contribution in [0.2, 0.25) is 0 Å². The van der Waals surface area contributed by atoms with Gasteiger partial charge in [-0.1, -0.05) is 0 Å². The lowest BCUT2D eigenvalue weighted by atomic mass is 10.3. The second kappa shape index (κ2) is 3.26. The van der Waals surface area contributed by atoms with Crippen molar-refractivity contribution in [2.75, 3.05) is 7.11 Å². The summed E-state index contributed by atoms with van der Waals surface area (Å²) in [5.41, 5.74) is 0. The zero-order valence-corrected chi connectivity index (χ0v) is 7.65. The van der Waals surface area contributed by atoms with Gasteiger partial charge >= 0.3 is 0 Å². The number of methoxy groups -OCH3 is 1. The highest BCUT2D eigenvalue weighted by Crippen LogP contribution is 2.34. The van der Waals surface area contributed by atoms with Gasteiger partial charge in [0.1, 0.15) is 0 Å². The van der Waals surface area contributed by atoms with Crippen molar-refractivity contribution in [3.63, 3.8) is 0 Å². The van der Waals surface area contributed by atoms with Crippen LogP contribution in [0, 0.1) is 11.6 Å². The van der Waals surface area contributed by atoms with Gasteiger partial charge in [-0.25, -0.2) is 4.39 Å². The standard InChI is InChI=1S/C7H5BrF2O2/c1-12-7-4(11)2-3(8)5(9)6(7)10/h2,11H,1H3. The molecular formula is C7H5BrF2O2. The molecule has 0 aliphatic heterocycles. The normalized spacial score (nSPS) is 10.0. The molecule has 12 heavy (non-hydrogen) atoms. The first-order valence-electron chi connectivity index (χ1n) is 2.98. The summed E-state index contributed by atoms with van der Waals surface area (Å²) in [6.45, 7) is 0. The van der Waals surface area contributed by atoms with E-state index < -0.39 is 23.1 Å². The van der Waals surface area contributed by atoms with E-state index in [1.807, 2.05) is 0 Å². The quantitative estimate of drug-likeness (QED) is 0.762. The largest absolute Gasteiger partial charge is 0.504 e. The van der Waals surface area contributed by atoms with E-state index in [4.69, 9.17) is 5.11 Å². The number of rotatable bonds is 1. The number of hydrogen-bond donors (Lipinski definition) is 1. The van der Waals surface area contributed by atoms with E-state index in [1.165, 1.54) is 0 Å². The summed E-state index contributed by atoms with van der Waals surface area (Å²) in [5, 5.41) is 9.03. The van der Waals surface area contributed by atoms with Crippen molar-refractivity contribution < 1.29 is 18.6 Å². The first kappa shape index (κ1) is 9.25. The van der Waals surface area contributed by atoms with Crippen molar-refractivity contribution in [1.29, 1.82) is 0 Å². The maximum atomic E-state index is 12.8. The first-order chi connectivity index (χ1) is 5.57. The fraction of sp³-hybridized carbons (Fsp3) is 0.143. The van der Waals surface area contributed by atoms with Gasteiger partial charge in [-0.15, -0.1) is 0 Å². The van der Waals surface area contributed by atoms with Crippen LogP contribution < -0.4 is 4.74 Å². The Labute approximate surface area is 75.9 Å². The van der Waals surface area contributed by atoms with E-state index >= 15 is 0 Å². The number of benzene rings is 1. The van der Waals surface area contributed by atoms with Crippen molar-refractivity contribution in [2.45, 2.75) is 0 Å². The van der Waals surface area contributed by atoms with Gasteiger partial charge in [0.05, 0.1) is 11.6 Å². The highest BCUT2D eigenvalue weighted by Gasteiger charge is 2.17. The summed E-state index contributed by atoms with van der Waals surface area (Å²) in [7, 11) is 1.14. The average molecular weight is 239 g/mol. The van der Waals surface area contributed by atoms with Crippen molar-refractivity contribution in [3.8, 4) is 11.5 Å². The van der Waals surface area contributed by atoms with E-state index in [-0.39, 0.29) is 4.47 Å². The fourth-order valence-corrected chi connectivity index (χ4v) is 1.15. The highest BCUT2D eigenvalue weighted by atomic mass is 79.9. The Morgan fingerprint density at radius 3 is 2.50 bits per heavy atom. The van der Waals surface area contributed by atoms with E-state index in [0.29, 0.717) is 0 Å². The minimum absolute atomic E-state index is 0.140. The molecule has 0 aliphatic rings. The molecule has 0 amide bonds. The Balaban J connectivity index is 3.40. The molecule has 0 spiro atoms. The van der Waals surface area contributed by atoms with Gasteiger partial charge in [0, 0.05) is 6.07 Å². The van der Waals surface area contributed by atoms with E-state index in [2.05, 4.69) is 20.7 Å². The Bertz CT molecular complexity index is 315. The van der Waals surface area contributed by atoms with Crippen molar-refractivity contribution in [2.24, 2.45) is 0 Å². The van der Waals surface area contributed by atoms with Crippen LogP contribution in [0.5, 0.6) is 11.5 Å². The number of ether oxygens (including phenoxy) is 1. The maximum Gasteiger partial charge on any atom is 0.205 e. The van der Waals surface area contributed by atoms with Gasteiger partial charge in [0.25, 0.3) is 0 Å². The monoisotopic (exact) mass is 238 g/mol. The lowest BCUT2D eigenvalue weighted by molar-refractivity contribution is 0.339. The van der Waals surface area contributed by atoms with Crippen LogP contribution in [-0.4, -0.2) is 12.2 Å². The summed E-state index contributed by atoms with van der Waals surface area (Å²) in [6, 6.07) is 1.03. The number of phenols is 1. The van der Waals surface area contributed by atoms with E-state index in [9.17, 15) is 8.78 Å². The molecule has 0 saturated heterocycles. The zero-order valence-electron chi connectivity index (χ0n) is 6.07. The molecule has 5 heteroatoms. The molecule has 2 nitrogen and oxygen atoms in total. The summed E-state index contributed by atoms with van der Waals surface area (Å²) in [4.78, 5) is 0. The molecule has 0 unspecified atom stereocenters. The van der Waals surface area contributed by atoms with Crippen LogP contribution in [0.1, 0.15) is 0 Å². The summed E-state index contributed by atoms with van der Waals surface area (Å²) in [5.74, 6) is -3.21. The smallest absolute Gasteiger partial charge is 0.205 e. The Kier molecular flexibility index (Phi) is 2.52. The number of hydrogen-bond acceptors (Lipinski definition) is 2. The van der Waals surface area contributed by atoms with Crippen molar-refractivity contribution in [3.05, 3.63) is 22.2 Å². The Hall–Kier alpha value is -0.840. The zero-order chi connectivity index (χ0) is 9.30. The number of halogens is 3. The predicted octanol–water partition coefficient (Wildman–Crippen LogP) is 2.44. The minimum atomic E-state index is -1.20. The molecule has 1 aromatic rings. The molecule has 1 aromatic carbocycles. The molecule has 0 aromatic heterocycles. The van der Waals surface area contributed by atoms with Crippen LogP contribution in [0.15, 0.2) is 10.5 Å². The van der Waals surface area contributed by atoms with Crippen LogP contribution in [0.3, 0.4) is 0 Å². The molecule has 1 rings (SSSR count). The Morgan fingerprint density at radius 1 is 1.42 bits per heavy atom. The van der Waals surface area contributed by atoms with Crippen LogP contribution >= 0.6 is 15.9 Å². The topological polar surface area (TPSA) is 29.5 Å². The molecule has 1 N–H and O–H groups in total. The molecule has 66 valence electrons. The van der Waals surface area contributed by atoms with E-state index in [0.717, 1.165) is 13.2 Å². The second-order valence-corrected chi connectivity index (χ2v) is 2.89. The molecule has 0 fully saturated rings. The Morgan fingerprint density at radius 2 is 2.00 bits per heavy atom. The van der Waals surface area contributed by atoms with Gasteiger partial charge in [-0.2, -0.15) is 4.39 Å². The fourth-order valence-electron chi connectivity index (χ4n) is 0.760. The minimum Gasteiger partial charge on any atom is -0.504 e. The number of aromatic hydroxyl groups is 1. The summed E-state index contributed by atoms with van der Waals surface area (Å²) < 4.78 is 29.9.